The van der Waals surface area contributed by atoms with Crippen LogP contribution in [-0.4, -0.2) is 11.2 Å². The smallest absolute Gasteiger partial charge is 0.0750 e. The SMILES string of the molecule is NC1Cc2ccccc2CN1N. The number of nitrogens with two attached hydrogens (primary N) is 2. The van der Waals surface area contributed by atoms with Gasteiger partial charge in [-0.1, -0.05) is 24.3 Å². The van der Waals surface area contributed by atoms with Crippen molar-refractivity contribution in [2.24, 2.45) is 11.6 Å². The first-order valence-electron chi connectivity index (χ1n) is 4.11. The van der Waals surface area contributed by atoms with Crippen molar-refractivity contribution in [3.8, 4) is 0 Å². The Bertz CT molecular complexity index is 256. The summed E-state index contributed by atoms with van der Waals surface area (Å²) in [6, 6.07) is 8.28. The Morgan fingerprint density at radius 3 is 2.67 bits per heavy atom. The standard InChI is InChI=1S/C9H13N3/c10-9-5-7-3-1-2-4-8(7)6-12(9)11/h1-4,9H,5-6,10-11H2. The van der Waals surface area contributed by atoms with E-state index >= 15 is 0 Å². The summed E-state index contributed by atoms with van der Waals surface area (Å²) >= 11 is 0. The van der Waals surface area contributed by atoms with Crippen molar-refractivity contribution >= 4 is 0 Å². The average molecular weight is 163 g/mol. The second-order valence-electron chi connectivity index (χ2n) is 3.21. The van der Waals surface area contributed by atoms with Crippen LogP contribution in [0.1, 0.15) is 11.1 Å². The molecule has 1 aliphatic heterocycles. The summed E-state index contributed by atoms with van der Waals surface area (Å²) in [7, 11) is 0. The molecule has 3 nitrogen and oxygen atoms in total. The zero-order valence-electron chi connectivity index (χ0n) is 6.90. The summed E-state index contributed by atoms with van der Waals surface area (Å²) in [6.45, 7) is 0.761. The lowest BCUT2D eigenvalue weighted by Crippen LogP contribution is -2.50. The van der Waals surface area contributed by atoms with Gasteiger partial charge in [-0.2, -0.15) is 0 Å². The molecule has 0 saturated carbocycles. The molecular weight excluding hydrogens is 150 g/mol. The second-order valence-corrected chi connectivity index (χ2v) is 3.21. The molecule has 3 heteroatoms. The molecule has 0 aromatic heterocycles. The third-order valence-corrected chi connectivity index (χ3v) is 2.33. The Balaban J connectivity index is 2.34. The molecule has 0 amide bonds. The van der Waals surface area contributed by atoms with Crippen molar-refractivity contribution in [2.75, 3.05) is 0 Å². The Morgan fingerprint density at radius 1 is 1.25 bits per heavy atom. The number of benzene rings is 1. The fraction of sp³-hybridized carbons (Fsp3) is 0.333. The highest BCUT2D eigenvalue weighted by molar-refractivity contribution is 5.29. The highest BCUT2D eigenvalue weighted by atomic mass is 15.4. The average Bonchev–Trinajstić information content (AvgIpc) is 2.07. The molecule has 1 aromatic carbocycles. The Hall–Kier alpha value is -0.900. The molecular formula is C9H13N3. The first-order valence-corrected chi connectivity index (χ1v) is 4.11. The quantitative estimate of drug-likeness (QED) is 0.537. The second kappa shape index (κ2) is 2.86. The number of hydrogen-bond acceptors (Lipinski definition) is 3. The zero-order valence-corrected chi connectivity index (χ0v) is 6.90. The normalized spacial score (nSPS) is 23.7. The van der Waals surface area contributed by atoms with Crippen LogP contribution in [0.25, 0.3) is 0 Å². The summed E-state index contributed by atoms with van der Waals surface area (Å²) < 4.78 is 0. The highest BCUT2D eigenvalue weighted by Gasteiger charge is 2.19. The molecule has 0 bridgehead atoms. The van der Waals surface area contributed by atoms with Gasteiger partial charge in [-0.25, -0.2) is 5.01 Å². The van der Waals surface area contributed by atoms with Crippen LogP contribution >= 0.6 is 0 Å². The number of rotatable bonds is 0. The largest absolute Gasteiger partial charge is 0.314 e. The van der Waals surface area contributed by atoms with Crippen molar-refractivity contribution in [3.05, 3.63) is 35.4 Å². The minimum atomic E-state index is -0.0279. The predicted molar refractivity (Wildman–Crippen MR) is 47.9 cm³/mol. The van der Waals surface area contributed by atoms with Crippen LogP contribution in [0.5, 0.6) is 0 Å². The first kappa shape index (κ1) is 7.73. The van der Waals surface area contributed by atoms with Crippen LogP contribution < -0.4 is 11.6 Å². The molecule has 1 aliphatic rings. The van der Waals surface area contributed by atoms with E-state index in [1.54, 1.807) is 5.01 Å². The van der Waals surface area contributed by atoms with E-state index in [-0.39, 0.29) is 6.17 Å². The van der Waals surface area contributed by atoms with Gasteiger partial charge in [-0.15, -0.1) is 0 Å². The van der Waals surface area contributed by atoms with Gasteiger partial charge in [-0.05, 0) is 11.1 Å². The third kappa shape index (κ3) is 1.22. The van der Waals surface area contributed by atoms with Gasteiger partial charge in [0.2, 0.25) is 0 Å². The van der Waals surface area contributed by atoms with Crippen molar-refractivity contribution in [3.63, 3.8) is 0 Å². The van der Waals surface area contributed by atoms with Gasteiger partial charge in [-0.3, -0.25) is 5.84 Å². The monoisotopic (exact) mass is 163 g/mol. The molecule has 1 aromatic rings. The highest BCUT2D eigenvalue weighted by Crippen LogP contribution is 2.17. The minimum Gasteiger partial charge on any atom is -0.314 e. The zero-order chi connectivity index (χ0) is 8.55. The van der Waals surface area contributed by atoms with Gasteiger partial charge in [0, 0.05) is 13.0 Å². The van der Waals surface area contributed by atoms with Gasteiger partial charge in [0.25, 0.3) is 0 Å². The fourth-order valence-electron chi connectivity index (χ4n) is 1.57. The summed E-state index contributed by atoms with van der Waals surface area (Å²) in [6.07, 6.45) is 0.826. The number of fused-ring (bicyclic) bond motifs is 1. The van der Waals surface area contributed by atoms with Crippen molar-refractivity contribution in [1.29, 1.82) is 0 Å². The molecule has 0 spiro atoms. The molecule has 0 fully saturated rings. The molecule has 1 heterocycles. The van der Waals surface area contributed by atoms with Crippen molar-refractivity contribution < 1.29 is 0 Å². The maximum atomic E-state index is 5.79. The lowest BCUT2D eigenvalue weighted by atomic mass is 9.99. The predicted octanol–water partition coefficient (Wildman–Crippen LogP) is 0.203. The Labute approximate surface area is 71.9 Å². The van der Waals surface area contributed by atoms with E-state index in [2.05, 4.69) is 12.1 Å². The fourth-order valence-corrected chi connectivity index (χ4v) is 1.57. The van der Waals surface area contributed by atoms with E-state index < -0.39 is 0 Å². The van der Waals surface area contributed by atoms with E-state index in [1.165, 1.54) is 11.1 Å². The summed E-state index contributed by atoms with van der Waals surface area (Å²) in [5, 5.41) is 1.68. The van der Waals surface area contributed by atoms with Crippen LogP contribution in [0.15, 0.2) is 24.3 Å². The van der Waals surface area contributed by atoms with E-state index in [9.17, 15) is 0 Å². The number of hydrazine groups is 1. The first-order chi connectivity index (χ1) is 5.77. The molecule has 1 unspecified atom stereocenters. The molecule has 2 rings (SSSR count). The van der Waals surface area contributed by atoms with Crippen LogP contribution in [-0.2, 0) is 13.0 Å². The molecule has 0 radical (unpaired) electrons. The Kier molecular flexibility index (Phi) is 1.84. The van der Waals surface area contributed by atoms with Crippen molar-refractivity contribution in [1.82, 2.24) is 5.01 Å². The lowest BCUT2D eigenvalue weighted by molar-refractivity contribution is 0.179. The Morgan fingerprint density at radius 2 is 1.92 bits per heavy atom. The summed E-state index contributed by atoms with van der Waals surface area (Å²) in [5.41, 5.74) is 8.41. The van der Waals surface area contributed by atoms with Crippen LogP contribution in [0.3, 0.4) is 0 Å². The number of nitrogens with zero attached hydrogens (tertiary/aromatic N) is 1. The van der Waals surface area contributed by atoms with Gasteiger partial charge in [0.1, 0.15) is 0 Å². The van der Waals surface area contributed by atoms with Crippen LogP contribution in [0.4, 0.5) is 0 Å². The van der Waals surface area contributed by atoms with Crippen LogP contribution in [0, 0.1) is 0 Å². The topological polar surface area (TPSA) is 55.3 Å². The van der Waals surface area contributed by atoms with Gasteiger partial charge in [0.15, 0.2) is 0 Å². The maximum Gasteiger partial charge on any atom is 0.0750 e. The van der Waals surface area contributed by atoms with Gasteiger partial charge < -0.3 is 5.73 Å². The van der Waals surface area contributed by atoms with E-state index in [0.717, 1.165) is 13.0 Å². The molecule has 64 valence electrons. The van der Waals surface area contributed by atoms with Gasteiger partial charge >= 0.3 is 0 Å². The summed E-state index contributed by atoms with van der Waals surface area (Å²) in [5.74, 6) is 5.70. The van der Waals surface area contributed by atoms with E-state index in [1.807, 2.05) is 12.1 Å². The molecule has 1 atom stereocenters. The summed E-state index contributed by atoms with van der Waals surface area (Å²) in [4.78, 5) is 0. The number of hydrogen-bond donors (Lipinski definition) is 2. The van der Waals surface area contributed by atoms with Gasteiger partial charge in [0.05, 0.1) is 6.17 Å². The third-order valence-electron chi connectivity index (χ3n) is 2.33. The maximum absolute atomic E-state index is 5.79. The molecule has 4 N–H and O–H groups in total. The van der Waals surface area contributed by atoms with Crippen LogP contribution in [0.2, 0.25) is 0 Å². The van der Waals surface area contributed by atoms with Crippen molar-refractivity contribution in [2.45, 2.75) is 19.1 Å². The van der Waals surface area contributed by atoms with E-state index in [0.29, 0.717) is 0 Å². The van der Waals surface area contributed by atoms with E-state index in [4.69, 9.17) is 11.6 Å². The lowest BCUT2D eigenvalue weighted by Gasteiger charge is -2.30. The molecule has 0 aliphatic carbocycles. The molecule has 12 heavy (non-hydrogen) atoms. The minimum absolute atomic E-state index is 0.0279. The molecule has 0 saturated heterocycles.